The van der Waals surface area contributed by atoms with E-state index in [2.05, 4.69) is 0 Å². The first kappa shape index (κ1) is 13.0. The number of nitrogens with two attached hydrogens (primary N) is 1. The van der Waals surface area contributed by atoms with Gasteiger partial charge in [-0.2, -0.15) is 0 Å². The molecular formula is C11H20N2O3. The second kappa shape index (κ2) is 5.30. The largest absolute Gasteiger partial charge is 0.481 e. The maximum absolute atomic E-state index is 11.9. The lowest BCUT2D eigenvalue weighted by Gasteiger charge is -2.20. The fourth-order valence-corrected chi connectivity index (χ4v) is 2.15. The maximum Gasteiger partial charge on any atom is 0.308 e. The molecule has 1 aliphatic rings. The molecule has 16 heavy (non-hydrogen) atoms. The predicted octanol–water partition coefficient (Wildman–Crippen LogP) is 0.150. The lowest BCUT2D eigenvalue weighted by atomic mass is 9.99. The summed E-state index contributed by atoms with van der Waals surface area (Å²) in [4.78, 5) is 24.5. The zero-order chi connectivity index (χ0) is 12.3. The van der Waals surface area contributed by atoms with Crippen molar-refractivity contribution >= 4 is 11.9 Å². The second-order valence-electron chi connectivity index (χ2n) is 4.64. The van der Waals surface area contributed by atoms with Gasteiger partial charge in [-0.25, -0.2) is 0 Å². The first-order valence-corrected chi connectivity index (χ1v) is 5.69. The molecule has 1 amide bonds. The molecule has 0 radical (unpaired) electrons. The van der Waals surface area contributed by atoms with Crippen LogP contribution in [0.25, 0.3) is 0 Å². The van der Waals surface area contributed by atoms with E-state index in [1.165, 1.54) is 0 Å². The number of amides is 1. The molecule has 0 bridgehead atoms. The quantitative estimate of drug-likeness (QED) is 0.717. The molecule has 5 nitrogen and oxygen atoms in total. The number of aliphatic carboxylic acids is 1. The molecular weight excluding hydrogens is 208 g/mol. The van der Waals surface area contributed by atoms with Crippen LogP contribution in [0.2, 0.25) is 0 Å². The van der Waals surface area contributed by atoms with Crippen molar-refractivity contribution in [2.75, 3.05) is 19.6 Å². The number of likely N-dealkylation sites (tertiary alicyclic amines) is 1. The van der Waals surface area contributed by atoms with E-state index in [9.17, 15) is 9.59 Å². The van der Waals surface area contributed by atoms with Gasteiger partial charge in [-0.1, -0.05) is 13.8 Å². The third kappa shape index (κ3) is 2.72. The van der Waals surface area contributed by atoms with Crippen LogP contribution in [0, 0.1) is 17.8 Å². The van der Waals surface area contributed by atoms with Crippen molar-refractivity contribution in [3.63, 3.8) is 0 Å². The number of hydrogen-bond acceptors (Lipinski definition) is 3. The van der Waals surface area contributed by atoms with Crippen LogP contribution >= 0.6 is 0 Å². The van der Waals surface area contributed by atoms with Crippen LogP contribution in [0.5, 0.6) is 0 Å². The van der Waals surface area contributed by atoms with Gasteiger partial charge < -0.3 is 15.7 Å². The molecule has 3 N–H and O–H groups in total. The van der Waals surface area contributed by atoms with Crippen molar-refractivity contribution in [1.82, 2.24) is 4.90 Å². The molecule has 0 spiro atoms. The van der Waals surface area contributed by atoms with E-state index in [-0.39, 0.29) is 17.7 Å². The zero-order valence-electron chi connectivity index (χ0n) is 9.85. The Labute approximate surface area is 95.6 Å². The standard InChI is InChI=1S/C11H20N2O3/c1-7(3-4-12)10(14)13-5-8(2)9(6-13)11(15)16/h7-9H,3-6,12H2,1-2H3,(H,15,16)/t7?,8-,9-/m1/s1. The highest BCUT2D eigenvalue weighted by molar-refractivity contribution is 5.80. The highest BCUT2D eigenvalue weighted by atomic mass is 16.4. The van der Waals surface area contributed by atoms with Gasteiger partial charge in [0.2, 0.25) is 5.91 Å². The Balaban J connectivity index is 2.58. The molecule has 0 aromatic rings. The Hall–Kier alpha value is -1.10. The minimum atomic E-state index is -0.811. The van der Waals surface area contributed by atoms with Crippen LogP contribution in [0.15, 0.2) is 0 Å². The SMILES string of the molecule is CC(CCN)C(=O)N1C[C@@H](C)[C@H](C(=O)O)C1. The number of carboxylic acid groups (broad SMARTS) is 1. The van der Waals surface area contributed by atoms with E-state index >= 15 is 0 Å². The number of nitrogens with zero attached hydrogens (tertiary/aromatic N) is 1. The van der Waals surface area contributed by atoms with Crippen LogP contribution in [0.4, 0.5) is 0 Å². The summed E-state index contributed by atoms with van der Waals surface area (Å²) in [7, 11) is 0. The minimum Gasteiger partial charge on any atom is -0.481 e. The van der Waals surface area contributed by atoms with E-state index in [0.29, 0.717) is 26.1 Å². The molecule has 0 saturated carbocycles. The number of carbonyl (C=O) groups excluding carboxylic acids is 1. The highest BCUT2D eigenvalue weighted by Gasteiger charge is 2.37. The van der Waals surface area contributed by atoms with Crippen LogP contribution < -0.4 is 5.73 Å². The van der Waals surface area contributed by atoms with Gasteiger partial charge in [0, 0.05) is 19.0 Å². The summed E-state index contributed by atoms with van der Waals surface area (Å²) < 4.78 is 0. The fourth-order valence-electron chi connectivity index (χ4n) is 2.15. The Morgan fingerprint density at radius 1 is 1.50 bits per heavy atom. The first-order valence-electron chi connectivity index (χ1n) is 5.69. The summed E-state index contributed by atoms with van der Waals surface area (Å²) in [5, 5.41) is 8.97. The molecule has 1 aliphatic heterocycles. The normalized spacial score (nSPS) is 26.8. The Morgan fingerprint density at radius 3 is 2.56 bits per heavy atom. The summed E-state index contributed by atoms with van der Waals surface area (Å²) in [5.41, 5.74) is 5.40. The molecule has 3 atom stereocenters. The smallest absolute Gasteiger partial charge is 0.308 e. The van der Waals surface area contributed by atoms with E-state index in [1.54, 1.807) is 4.90 Å². The zero-order valence-corrected chi connectivity index (χ0v) is 9.85. The van der Waals surface area contributed by atoms with Crippen molar-refractivity contribution in [2.45, 2.75) is 20.3 Å². The lowest BCUT2D eigenvalue weighted by Crippen LogP contribution is -2.34. The summed E-state index contributed by atoms with van der Waals surface area (Å²) in [6, 6.07) is 0. The van der Waals surface area contributed by atoms with E-state index in [0.717, 1.165) is 0 Å². The van der Waals surface area contributed by atoms with E-state index in [4.69, 9.17) is 10.8 Å². The predicted molar refractivity (Wildman–Crippen MR) is 59.7 cm³/mol. The molecule has 1 heterocycles. The molecule has 1 saturated heterocycles. The number of carboxylic acids is 1. The molecule has 1 fully saturated rings. The third-order valence-electron chi connectivity index (χ3n) is 3.26. The highest BCUT2D eigenvalue weighted by Crippen LogP contribution is 2.24. The van der Waals surface area contributed by atoms with Crippen molar-refractivity contribution < 1.29 is 14.7 Å². The molecule has 1 unspecified atom stereocenters. The van der Waals surface area contributed by atoms with Gasteiger partial charge in [0.15, 0.2) is 0 Å². The lowest BCUT2D eigenvalue weighted by molar-refractivity contribution is -0.142. The molecule has 0 aromatic carbocycles. The Kier molecular flexibility index (Phi) is 4.29. The van der Waals surface area contributed by atoms with Gasteiger partial charge in [0.25, 0.3) is 0 Å². The Bertz CT molecular complexity index is 280. The van der Waals surface area contributed by atoms with Crippen molar-refractivity contribution in [3.8, 4) is 0 Å². The molecule has 92 valence electrons. The monoisotopic (exact) mass is 228 g/mol. The van der Waals surface area contributed by atoms with Crippen molar-refractivity contribution in [1.29, 1.82) is 0 Å². The average molecular weight is 228 g/mol. The summed E-state index contributed by atoms with van der Waals surface area (Å²) >= 11 is 0. The summed E-state index contributed by atoms with van der Waals surface area (Å²) in [6.45, 7) is 5.08. The topological polar surface area (TPSA) is 83.6 Å². The van der Waals surface area contributed by atoms with Crippen molar-refractivity contribution in [2.24, 2.45) is 23.5 Å². The van der Waals surface area contributed by atoms with Gasteiger partial charge in [0.05, 0.1) is 5.92 Å². The van der Waals surface area contributed by atoms with E-state index in [1.807, 2.05) is 13.8 Å². The van der Waals surface area contributed by atoms with Gasteiger partial charge in [-0.15, -0.1) is 0 Å². The van der Waals surface area contributed by atoms with Crippen LogP contribution in [-0.2, 0) is 9.59 Å². The van der Waals surface area contributed by atoms with Crippen LogP contribution in [0.1, 0.15) is 20.3 Å². The van der Waals surface area contributed by atoms with Crippen molar-refractivity contribution in [3.05, 3.63) is 0 Å². The second-order valence-corrected chi connectivity index (χ2v) is 4.64. The van der Waals surface area contributed by atoms with Gasteiger partial charge in [-0.05, 0) is 18.9 Å². The number of rotatable bonds is 4. The Morgan fingerprint density at radius 2 is 2.12 bits per heavy atom. The maximum atomic E-state index is 11.9. The molecule has 5 heteroatoms. The number of carbonyl (C=O) groups is 2. The average Bonchev–Trinajstić information content (AvgIpc) is 2.59. The summed E-state index contributed by atoms with van der Waals surface area (Å²) in [6.07, 6.45) is 0.654. The number of hydrogen-bond donors (Lipinski definition) is 2. The third-order valence-corrected chi connectivity index (χ3v) is 3.26. The minimum absolute atomic E-state index is 0.0288. The van der Waals surface area contributed by atoms with E-state index < -0.39 is 11.9 Å². The van der Waals surface area contributed by atoms with Gasteiger partial charge in [0.1, 0.15) is 0 Å². The first-order chi connectivity index (χ1) is 7.47. The summed E-state index contributed by atoms with van der Waals surface area (Å²) in [5.74, 6) is -1.28. The van der Waals surface area contributed by atoms with Gasteiger partial charge in [-0.3, -0.25) is 9.59 Å². The van der Waals surface area contributed by atoms with Crippen LogP contribution in [-0.4, -0.2) is 41.5 Å². The molecule has 1 rings (SSSR count). The molecule has 0 aromatic heterocycles. The van der Waals surface area contributed by atoms with Gasteiger partial charge >= 0.3 is 5.97 Å². The molecule has 0 aliphatic carbocycles. The fraction of sp³-hybridized carbons (Fsp3) is 0.818. The van der Waals surface area contributed by atoms with Crippen LogP contribution in [0.3, 0.4) is 0 Å².